The van der Waals surface area contributed by atoms with Crippen LogP contribution in [0.3, 0.4) is 0 Å². The summed E-state index contributed by atoms with van der Waals surface area (Å²) < 4.78 is 5.66. The highest BCUT2D eigenvalue weighted by Crippen LogP contribution is 2.15. The first-order valence-electron chi connectivity index (χ1n) is 6.01. The van der Waals surface area contributed by atoms with Crippen molar-refractivity contribution in [2.45, 2.75) is 33.6 Å². The van der Waals surface area contributed by atoms with Gasteiger partial charge in [-0.1, -0.05) is 31.1 Å². The Morgan fingerprint density at radius 2 is 2.18 bits per heavy atom. The summed E-state index contributed by atoms with van der Waals surface area (Å²) in [4.78, 5) is 0. The summed E-state index contributed by atoms with van der Waals surface area (Å²) in [5.41, 5.74) is 1.95. The molecule has 0 bridgehead atoms. The predicted molar refractivity (Wildman–Crippen MR) is 70.0 cm³/mol. The molecule has 0 aliphatic carbocycles. The van der Waals surface area contributed by atoms with Gasteiger partial charge >= 0.3 is 0 Å². The number of oxime groups is 1. The van der Waals surface area contributed by atoms with Crippen molar-refractivity contribution < 1.29 is 9.94 Å². The standard InChI is InChI=1S/C14H21NO2/c1-11(2)10-17-14-6-4-5-13(9-14)8-7-12(3)15-16/h4-6,9,11,16H,7-8,10H2,1-3H3/b15-12+. The minimum Gasteiger partial charge on any atom is -0.493 e. The highest BCUT2D eigenvalue weighted by Gasteiger charge is 2.00. The van der Waals surface area contributed by atoms with Crippen molar-refractivity contribution in [1.29, 1.82) is 0 Å². The van der Waals surface area contributed by atoms with E-state index in [0.717, 1.165) is 30.9 Å². The van der Waals surface area contributed by atoms with Crippen molar-refractivity contribution in [3.63, 3.8) is 0 Å². The predicted octanol–water partition coefficient (Wildman–Crippen LogP) is 3.50. The zero-order valence-electron chi connectivity index (χ0n) is 10.8. The average Bonchev–Trinajstić information content (AvgIpc) is 2.34. The van der Waals surface area contributed by atoms with E-state index in [1.165, 1.54) is 5.56 Å². The van der Waals surface area contributed by atoms with E-state index in [2.05, 4.69) is 25.1 Å². The highest BCUT2D eigenvalue weighted by molar-refractivity contribution is 5.81. The number of benzene rings is 1. The van der Waals surface area contributed by atoms with Crippen molar-refractivity contribution in [3.8, 4) is 5.75 Å². The Kier molecular flexibility index (Phi) is 5.53. The van der Waals surface area contributed by atoms with E-state index in [1.807, 2.05) is 25.1 Å². The van der Waals surface area contributed by atoms with E-state index in [1.54, 1.807) is 0 Å². The maximum Gasteiger partial charge on any atom is 0.119 e. The minimum absolute atomic E-state index is 0.530. The second kappa shape index (κ2) is 6.94. The van der Waals surface area contributed by atoms with Crippen LogP contribution in [0.2, 0.25) is 0 Å². The first kappa shape index (κ1) is 13.6. The van der Waals surface area contributed by atoms with Crippen LogP contribution in [0.25, 0.3) is 0 Å². The fraction of sp³-hybridized carbons (Fsp3) is 0.500. The molecule has 17 heavy (non-hydrogen) atoms. The summed E-state index contributed by atoms with van der Waals surface area (Å²) in [5, 5.41) is 11.7. The Labute approximate surface area is 103 Å². The van der Waals surface area contributed by atoms with E-state index in [9.17, 15) is 0 Å². The van der Waals surface area contributed by atoms with Gasteiger partial charge in [0.25, 0.3) is 0 Å². The normalized spacial score (nSPS) is 11.9. The fourth-order valence-corrected chi connectivity index (χ4v) is 1.43. The molecule has 94 valence electrons. The van der Waals surface area contributed by atoms with Crippen LogP contribution in [-0.2, 0) is 6.42 Å². The molecule has 0 radical (unpaired) electrons. The monoisotopic (exact) mass is 235 g/mol. The SMILES string of the molecule is C/C(CCc1cccc(OCC(C)C)c1)=N\O. The molecule has 0 saturated carbocycles. The van der Waals surface area contributed by atoms with E-state index in [-0.39, 0.29) is 0 Å². The molecule has 0 fully saturated rings. The fourth-order valence-electron chi connectivity index (χ4n) is 1.43. The van der Waals surface area contributed by atoms with Gasteiger partial charge in [0, 0.05) is 0 Å². The minimum atomic E-state index is 0.530. The van der Waals surface area contributed by atoms with Crippen LogP contribution in [0, 0.1) is 5.92 Å². The lowest BCUT2D eigenvalue weighted by Gasteiger charge is -2.09. The first-order valence-corrected chi connectivity index (χ1v) is 6.01. The average molecular weight is 235 g/mol. The molecule has 0 aliphatic rings. The maximum absolute atomic E-state index is 8.58. The summed E-state index contributed by atoms with van der Waals surface area (Å²) in [6, 6.07) is 8.08. The number of hydrogen-bond donors (Lipinski definition) is 1. The van der Waals surface area contributed by atoms with Gasteiger partial charge < -0.3 is 9.94 Å². The maximum atomic E-state index is 8.58. The van der Waals surface area contributed by atoms with Gasteiger partial charge in [-0.2, -0.15) is 0 Å². The van der Waals surface area contributed by atoms with Crippen LogP contribution in [0.4, 0.5) is 0 Å². The van der Waals surface area contributed by atoms with Crippen molar-refractivity contribution in [2.75, 3.05) is 6.61 Å². The third-order valence-electron chi connectivity index (χ3n) is 2.43. The largest absolute Gasteiger partial charge is 0.493 e. The number of nitrogens with zero attached hydrogens (tertiary/aromatic N) is 1. The summed E-state index contributed by atoms with van der Waals surface area (Å²) in [6.07, 6.45) is 1.64. The van der Waals surface area contributed by atoms with Gasteiger partial charge in [-0.15, -0.1) is 0 Å². The Hall–Kier alpha value is -1.51. The Bertz CT molecular complexity index is 372. The smallest absolute Gasteiger partial charge is 0.119 e. The molecule has 0 amide bonds. The second-order valence-corrected chi connectivity index (χ2v) is 4.69. The summed E-state index contributed by atoms with van der Waals surface area (Å²) in [5.74, 6) is 1.44. The van der Waals surface area contributed by atoms with Crippen LogP contribution >= 0.6 is 0 Å². The van der Waals surface area contributed by atoms with Gasteiger partial charge in [0.1, 0.15) is 5.75 Å². The molecule has 0 unspecified atom stereocenters. The van der Waals surface area contributed by atoms with Gasteiger partial charge in [0.2, 0.25) is 0 Å². The molecule has 0 aliphatic heterocycles. The van der Waals surface area contributed by atoms with Crippen molar-refractivity contribution in [2.24, 2.45) is 11.1 Å². The lowest BCUT2D eigenvalue weighted by atomic mass is 10.1. The molecule has 0 aromatic heterocycles. The second-order valence-electron chi connectivity index (χ2n) is 4.69. The molecule has 1 aromatic rings. The number of ether oxygens (including phenoxy) is 1. The quantitative estimate of drug-likeness (QED) is 0.466. The molecule has 0 saturated heterocycles. The molecular formula is C14H21NO2. The zero-order valence-corrected chi connectivity index (χ0v) is 10.8. The number of rotatable bonds is 6. The Morgan fingerprint density at radius 3 is 2.82 bits per heavy atom. The van der Waals surface area contributed by atoms with E-state index in [0.29, 0.717) is 5.92 Å². The molecule has 0 atom stereocenters. The summed E-state index contributed by atoms with van der Waals surface area (Å²) in [7, 11) is 0. The third kappa shape index (κ3) is 5.38. The number of hydrogen-bond acceptors (Lipinski definition) is 3. The van der Waals surface area contributed by atoms with Crippen LogP contribution in [-0.4, -0.2) is 17.5 Å². The Morgan fingerprint density at radius 1 is 1.41 bits per heavy atom. The number of aryl methyl sites for hydroxylation is 1. The van der Waals surface area contributed by atoms with Gasteiger partial charge in [0.15, 0.2) is 0 Å². The summed E-state index contributed by atoms with van der Waals surface area (Å²) in [6.45, 7) is 6.82. The van der Waals surface area contributed by atoms with Gasteiger partial charge in [-0.3, -0.25) is 0 Å². The third-order valence-corrected chi connectivity index (χ3v) is 2.43. The van der Waals surface area contributed by atoms with Crippen LogP contribution in [0.1, 0.15) is 32.8 Å². The first-order chi connectivity index (χ1) is 8.11. The highest BCUT2D eigenvalue weighted by atomic mass is 16.5. The lowest BCUT2D eigenvalue weighted by molar-refractivity contribution is 0.271. The topological polar surface area (TPSA) is 41.8 Å². The molecule has 1 N–H and O–H groups in total. The molecule has 3 heteroatoms. The van der Waals surface area contributed by atoms with E-state index >= 15 is 0 Å². The molecule has 3 nitrogen and oxygen atoms in total. The summed E-state index contributed by atoms with van der Waals surface area (Å²) >= 11 is 0. The molecule has 0 heterocycles. The van der Waals surface area contributed by atoms with Gasteiger partial charge in [-0.25, -0.2) is 0 Å². The van der Waals surface area contributed by atoms with Crippen LogP contribution < -0.4 is 4.74 Å². The zero-order chi connectivity index (χ0) is 12.7. The van der Waals surface area contributed by atoms with Gasteiger partial charge in [0.05, 0.1) is 12.3 Å². The van der Waals surface area contributed by atoms with Crippen molar-refractivity contribution >= 4 is 5.71 Å². The van der Waals surface area contributed by atoms with E-state index in [4.69, 9.17) is 9.94 Å². The molecule has 1 rings (SSSR count). The van der Waals surface area contributed by atoms with Crippen molar-refractivity contribution in [1.82, 2.24) is 0 Å². The van der Waals surface area contributed by atoms with Crippen LogP contribution in [0.5, 0.6) is 5.75 Å². The van der Waals surface area contributed by atoms with E-state index < -0.39 is 0 Å². The van der Waals surface area contributed by atoms with Crippen LogP contribution in [0.15, 0.2) is 29.4 Å². The molecule has 0 spiro atoms. The lowest BCUT2D eigenvalue weighted by Crippen LogP contribution is -2.04. The Balaban J connectivity index is 2.53. The molecular weight excluding hydrogens is 214 g/mol. The molecule has 1 aromatic carbocycles. The van der Waals surface area contributed by atoms with Crippen molar-refractivity contribution in [3.05, 3.63) is 29.8 Å². The van der Waals surface area contributed by atoms with Gasteiger partial charge in [-0.05, 0) is 43.4 Å².